The zero-order valence-corrected chi connectivity index (χ0v) is 17.8. The first kappa shape index (κ1) is 24.0. The predicted molar refractivity (Wildman–Crippen MR) is 113 cm³/mol. The maximum Gasteiger partial charge on any atom is 0.416 e. The molecule has 0 fully saturated rings. The molecule has 0 bridgehead atoms. The molecule has 1 N–H and O–H groups in total. The molecule has 0 aliphatic rings. The number of carbonyl (C=O) groups excluding carboxylic acids is 2. The van der Waals surface area contributed by atoms with Crippen LogP contribution in [0.3, 0.4) is 0 Å². The van der Waals surface area contributed by atoms with Crippen LogP contribution in [0.4, 0.5) is 18.9 Å². The van der Waals surface area contributed by atoms with Gasteiger partial charge in [0.2, 0.25) is 17.6 Å². The number of aryl methyl sites for hydroxylation is 1. The van der Waals surface area contributed by atoms with Gasteiger partial charge < -0.3 is 14.6 Å². The molecular formula is C23H22F3N3O4. The van der Waals surface area contributed by atoms with Gasteiger partial charge in [0.05, 0.1) is 17.7 Å². The fourth-order valence-corrected chi connectivity index (χ4v) is 2.83. The van der Waals surface area contributed by atoms with Crippen molar-refractivity contribution in [2.75, 3.05) is 11.9 Å². The van der Waals surface area contributed by atoms with Gasteiger partial charge in [-0.3, -0.25) is 4.79 Å². The topological polar surface area (TPSA) is 94.3 Å². The van der Waals surface area contributed by atoms with Crippen molar-refractivity contribution in [2.45, 2.75) is 38.8 Å². The van der Waals surface area contributed by atoms with Crippen molar-refractivity contribution < 1.29 is 32.0 Å². The molecule has 0 atom stereocenters. The van der Waals surface area contributed by atoms with Crippen molar-refractivity contribution in [1.82, 2.24) is 10.1 Å². The van der Waals surface area contributed by atoms with E-state index in [9.17, 15) is 22.8 Å². The first-order valence-corrected chi connectivity index (χ1v) is 10.3. The molecule has 3 aromatic rings. The third kappa shape index (κ3) is 6.90. The van der Waals surface area contributed by atoms with E-state index in [1.54, 1.807) is 24.3 Å². The average Bonchev–Trinajstić information content (AvgIpc) is 3.27. The van der Waals surface area contributed by atoms with Gasteiger partial charge in [0.25, 0.3) is 0 Å². The third-order valence-corrected chi connectivity index (χ3v) is 4.62. The van der Waals surface area contributed by atoms with Crippen LogP contribution in [0.5, 0.6) is 0 Å². The molecule has 1 heterocycles. The van der Waals surface area contributed by atoms with E-state index < -0.39 is 17.7 Å². The highest BCUT2D eigenvalue weighted by molar-refractivity contribution is 5.93. The molecule has 0 spiro atoms. The minimum absolute atomic E-state index is 0.0120. The third-order valence-electron chi connectivity index (χ3n) is 4.62. The molecule has 1 amide bonds. The van der Waals surface area contributed by atoms with Gasteiger partial charge in [-0.1, -0.05) is 30.6 Å². The van der Waals surface area contributed by atoms with E-state index >= 15 is 0 Å². The predicted octanol–water partition coefficient (Wildman–Crippen LogP) is 5.28. The van der Waals surface area contributed by atoms with Crippen molar-refractivity contribution in [3.05, 3.63) is 65.5 Å². The Balaban J connectivity index is 1.52. The van der Waals surface area contributed by atoms with Crippen LogP contribution in [-0.2, 0) is 22.1 Å². The second-order valence-corrected chi connectivity index (χ2v) is 7.21. The maximum absolute atomic E-state index is 12.9. The fourth-order valence-electron chi connectivity index (χ4n) is 2.83. The Kier molecular flexibility index (Phi) is 7.81. The summed E-state index contributed by atoms with van der Waals surface area (Å²) in [6.45, 7) is 2.36. The summed E-state index contributed by atoms with van der Waals surface area (Å²) < 4.78 is 48.8. The van der Waals surface area contributed by atoms with Crippen molar-refractivity contribution in [1.29, 1.82) is 0 Å². The lowest BCUT2D eigenvalue weighted by Gasteiger charge is -2.07. The summed E-state index contributed by atoms with van der Waals surface area (Å²) in [7, 11) is 0. The van der Waals surface area contributed by atoms with Crippen molar-refractivity contribution in [2.24, 2.45) is 0 Å². The molecule has 2 aromatic carbocycles. The minimum Gasteiger partial charge on any atom is -0.462 e. The van der Waals surface area contributed by atoms with Gasteiger partial charge in [0, 0.05) is 24.1 Å². The zero-order valence-electron chi connectivity index (χ0n) is 17.8. The summed E-state index contributed by atoms with van der Waals surface area (Å²) in [4.78, 5) is 28.2. The van der Waals surface area contributed by atoms with Crippen LogP contribution >= 0.6 is 0 Å². The summed E-state index contributed by atoms with van der Waals surface area (Å²) in [5.41, 5.74) is 0.237. The lowest BCUT2D eigenvalue weighted by atomic mass is 10.1. The number of nitrogens with zero attached hydrogens (tertiary/aromatic N) is 2. The Hall–Kier alpha value is -3.69. The summed E-state index contributed by atoms with van der Waals surface area (Å²) in [6, 6.07) is 10.9. The highest BCUT2D eigenvalue weighted by Gasteiger charge is 2.30. The summed E-state index contributed by atoms with van der Waals surface area (Å²) in [6.07, 6.45) is -2.63. The zero-order chi connectivity index (χ0) is 23.8. The molecule has 0 aliphatic heterocycles. The molecule has 33 heavy (non-hydrogen) atoms. The number of unbranched alkanes of at least 4 members (excludes halogenated alkanes) is 1. The van der Waals surface area contributed by atoms with Gasteiger partial charge in [-0.2, -0.15) is 18.2 Å². The van der Waals surface area contributed by atoms with E-state index in [0.717, 1.165) is 25.0 Å². The number of amides is 1. The lowest BCUT2D eigenvalue weighted by Crippen LogP contribution is -2.13. The van der Waals surface area contributed by atoms with E-state index in [2.05, 4.69) is 15.5 Å². The van der Waals surface area contributed by atoms with E-state index in [0.29, 0.717) is 17.9 Å². The average molecular weight is 461 g/mol. The largest absolute Gasteiger partial charge is 0.462 e. The summed E-state index contributed by atoms with van der Waals surface area (Å²) >= 11 is 0. The molecule has 0 unspecified atom stereocenters. The van der Waals surface area contributed by atoms with E-state index in [1.807, 2.05) is 6.92 Å². The standard InChI is InChI=1S/C23H22F3N3O4/c1-2-3-13-32-22(31)15-7-9-18(10-8-15)27-19(30)11-12-20-28-21(29-33-20)16-5-4-6-17(14-16)23(24,25)26/h4-10,14H,2-3,11-13H2,1H3,(H,27,30). The summed E-state index contributed by atoms with van der Waals surface area (Å²) in [5.74, 6) is -0.609. The van der Waals surface area contributed by atoms with Gasteiger partial charge >= 0.3 is 12.1 Å². The van der Waals surface area contributed by atoms with Crippen LogP contribution in [0, 0.1) is 0 Å². The molecule has 0 aliphatic carbocycles. The van der Waals surface area contributed by atoms with Crippen LogP contribution in [0.15, 0.2) is 53.1 Å². The highest BCUT2D eigenvalue weighted by atomic mass is 19.4. The second-order valence-electron chi connectivity index (χ2n) is 7.21. The van der Waals surface area contributed by atoms with Crippen LogP contribution in [0.25, 0.3) is 11.4 Å². The monoisotopic (exact) mass is 461 g/mol. The van der Waals surface area contributed by atoms with Gasteiger partial charge in [-0.05, 0) is 42.8 Å². The van der Waals surface area contributed by atoms with Crippen LogP contribution in [0.2, 0.25) is 0 Å². The minimum atomic E-state index is -4.48. The first-order chi connectivity index (χ1) is 15.8. The number of carbonyl (C=O) groups is 2. The number of alkyl halides is 3. The number of hydrogen-bond acceptors (Lipinski definition) is 6. The number of halogens is 3. The van der Waals surface area contributed by atoms with E-state index in [4.69, 9.17) is 9.26 Å². The van der Waals surface area contributed by atoms with E-state index in [1.165, 1.54) is 12.1 Å². The number of anilines is 1. The van der Waals surface area contributed by atoms with Gasteiger partial charge in [0.1, 0.15) is 0 Å². The summed E-state index contributed by atoms with van der Waals surface area (Å²) in [5, 5.41) is 6.38. The number of ether oxygens (including phenoxy) is 1. The van der Waals surface area contributed by atoms with Crippen molar-refractivity contribution >= 4 is 17.6 Å². The number of nitrogens with one attached hydrogen (secondary N) is 1. The SMILES string of the molecule is CCCCOC(=O)c1ccc(NC(=O)CCc2nc(-c3cccc(C(F)(F)F)c3)no2)cc1. The van der Waals surface area contributed by atoms with Gasteiger partial charge in [0.15, 0.2) is 0 Å². The number of benzene rings is 2. The first-order valence-electron chi connectivity index (χ1n) is 10.3. The smallest absolute Gasteiger partial charge is 0.416 e. The molecule has 7 nitrogen and oxygen atoms in total. The molecule has 0 radical (unpaired) electrons. The van der Waals surface area contributed by atoms with Crippen LogP contribution < -0.4 is 5.32 Å². The normalized spacial score (nSPS) is 11.3. The molecule has 0 saturated heterocycles. The molecule has 1 aromatic heterocycles. The van der Waals surface area contributed by atoms with Crippen LogP contribution in [0.1, 0.15) is 48.0 Å². The van der Waals surface area contributed by atoms with Crippen molar-refractivity contribution in [3.63, 3.8) is 0 Å². The Morgan fingerprint density at radius 3 is 2.58 bits per heavy atom. The van der Waals surface area contributed by atoms with Crippen LogP contribution in [-0.4, -0.2) is 28.6 Å². The van der Waals surface area contributed by atoms with Gasteiger partial charge in [-0.15, -0.1) is 0 Å². The highest BCUT2D eigenvalue weighted by Crippen LogP contribution is 2.31. The Morgan fingerprint density at radius 2 is 1.88 bits per heavy atom. The molecule has 3 rings (SSSR count). The molecule has 10 heteroatoms. The number of rotatable bonds is 9. The molecular weight excluding hydrogens is 439 g/mol. The Bertz CT molecular complexity index is 1090. The molecule has 174 valence electrons. The maximum atomic E-state index is 12.9. The molecule has 0 saturated carbocycles. The number of esters is 1. The fraction of sp³-hybridized carbons (Fsp3) is 0.304. The lowest BCUT2D eigenvalue weighted by molar-refractivity contribution is -0.137. The van der Waals surface area contributed by atoms with Crippen molar-refractivity contribution in [3.8, 4) is 11.4 Å². The second kappa shape index (κ2) is 10.8. The van der Waals surface area contributed by atoms with Gasteiger partial charge in [-0.25, -0.2) is 4.79 Å². The van der Waals surface area contributed by atoms with E-state index in [-0.39, 0.29) is 36.0 Å². The number of hydrogen-bond donors (Lipinski definition) is 1. The quantitative estimate of drug-likeness (QED) is 0.344. The number of aromatic nitrogens is 2. The Labute approximate surface area is 187 Å². The Morgan fingerprint density at radius 1 is 1.12 bits per heavy atom.